The molecular formula is C12H13O3. The van der Waals surface area contributed by atoms with E-state index in [4.69, 9.17) is 4.74 Å². The predicted molar refractivity (Wildman–Crippen MR) is 55.7 cm³/mol. The third-order valence-corrected chi connectivity index (χ3v) is 2.06. The van der Waals surface area contributed by atoms with Crippen LogP contribution < -0.4 is 0 Å². The number of ether oxygens (including phenoxy) is 1. The van der Waals surface area contributed by atoms with Crippen LogP contribution in [0.5, 0.6) is 0 Å². The van der Waals surface area contributed by atoms with Gasteiger partial charge in [0.25, 0.3) is 0 Å². The summed E-state index contributed by atoms with van der Waals surface area (Å²) in [5.74, 6) is -1.26. The molecule has 3 nitrogen and oxygen atoms in total. The van der Waals surface area contributed by atoms with Gasteiger partial charge in [0.2, 0.25) is 6.29 Å². The number of rotatable bonds is 5. The van der Waals surface area contributed by atoms with E-state index in [1.165, 1.54) is 0 Å². The smallest absolute Gasteiger partial charge is 0.317 e. The fourth-order valence-corrected chi connectivity index (χ4v) is 1.13. The topological polar surface area (TPSA) is 43.4 Å². The van der Waals surface area contributed by atoms with Gasteiger partial charge in [-0.05, 0) is 12.0 Å². The van der Waals surface area contributed by atoms with E-state index in [0.717, 1.165) is 5.56 Å². The maximum atomic E-state index is 11.3. The van der Waals surface area contributed by atoms with E-state index in [0.29, 0.717) is 6.42 Å². The molecular weight excluding hydrogens is 192 g/mol. The molecule has 1 aromatic rings. The summed E-state index contributed by atoms with van der Waals surface area (Å²) in [6.45, 7) is 1.96. The molecule has 15 heavy (non-hydrogen) atoms. The summed E-state index contributed by atoms with van der Waals surface area (Å²) >= 11 is 0. The Morgan fingerprint density at radius 2 is 2.07 bits per heavy atom. The lowest BCUT2D eigenvalue weighted by molar-refractivity contribution is -0.147. The van der Waals surface area contributed by atoms with Crippen molar-refractivity contribution in [1.82, 2.24) is 0 Å². The van der Waals surface area contributed by atoms with E-state index >= 15 is 0 Å². The summed E-state index contributed by atoms with van der Waals surface area (Å²) in [4.78, 5) is 21.7. The van der Waals surface area contributed by atoms with Crippen LogP contribution in [0.1, 0.15) is 18.9 Å². The normalized spacial score (nSPS) is 11.8. The SMILES string of the molecule is CCC([C]=O)C(=O)OCc1ccccc1. The van der Waals surface area contributed by atoms with E-state index in [2.05, 4.69) is 0 Å². The van der Waals surface area contributed by atoms with Gasteiger partial charge in [-0.1, -0.05) is 37.3 Å². The average Bonchev–Trinajstić information content (AvgIpc) is 2.29. The minimum Gasteiger partial charge on any atom is -0.460 e. The second-order valence-corrected chi connectivity index (χ2v) is 3.17. The zero-order valence-electron chi connectivity index (χ0n) is 8.60. The second kappa shape index (κ2) is 5.96. The van der Waals surface area contributed by atoms with Crippen LogP contribution in [0.15, 0.2) is 30.3 Å². The van der Waals surface area contributed by atoms with Gasteiger partial charge >= 0.3 is 5.97 Å². The van der Waals surface area contributed by atoms with Crippen LogP contribution in [-0.4, -0.2) is 12.3 Å². The predicted octanol–water partition coefficient (Wildman–Crippen LogP) is 1.87. The van der Waals surface area contributed by atoms with Crippen molar-refractivity contribution in [3.05, 3.63) is 35.9 Å². The molecule has 3 heteroatoms. The van der Waals surface area contributed by atoms with Crippen LogP contribution in [0.25, 0.3) is 0 Å². The zero-order valence-corrected chi connectivity index (χ0v) is 8.60. The minimum absolute atomic E-state index is 0.206. The molecule has 0 saturated heterocycles. The van der Waals surface area contributed by atoms with Crippen LogP contribution in [0.4, 0.5) is 0 Å². The van der Waals surface area contributed by atoms with Crippen LogP contribution in [0.2, 0.25) is 0 Å². The molecule has 0 aliphatic carbocycles. The molecule has 0 aromatic heterocycles. The Kier molecular flexibility index (Phi) is 4.54. The van der Waals surface area contributed by atoms with Crippen molar-refractivity contribution in [2.24, 2.45) is 5.92 Å². The summed E-state index contributed by atoms with van der Waals surface area (Å²) in [5.41, 5.74) is 0.909. The lowest BCUT2D eigenvalue weighted by Gasteiger charge is -2.07. The molecule has 1 rings (SSSR count). The Hall–Kier alpha value is -1.64. The van der Waals surface area contributed by atoms with E-state index in [-0.39, 0.29) is 6.61 Å². The van der Waals surface area contributed by atoms with Gasteiger partial charge in [0.1, 0.15) is 12.5 Å². The number of benzene rings is 1. The van der Waals surface area contributed by atoms with Gasteiger partial charge in [0.15, 0.2) is 0 Å². The first kappa shape index (κ1) is 11.4. The van der Waals surface area contributed by atoms with Gasteiger partial charge in [-0.15, -0.1) is 0 Å². The fraction of sp³-hybridized carbons (Fsp3) is 0.333. The van der Waals surface area contributed by atoms with Crippen molar-refractivity contribution in [2.45, 2.75) is 20.0 Å². The molecule has 0 aliphatic rings. The molecule has 0 spiro atoms. The monoisotopic (exact) mass is 205 g/mol. The Balaban J connectivity index is 2.44. The highest BCUT2D eigenvalue weighted by atomic mass is 16.5. The first-order valence-corrected chi connectivity index (χ1v) is 4.86. The highest BCUT2D eigenvalue weighted by Crippen LogP contribution is 2.06. The molecule has 0 aliphatic heterocycles. The van der Waals surface area contributed by atoms with Crippen molar-refractivity contribution in [3.8, 4) is 0 Å². The highest BCUT2D eigenvalue weighted by molar-refractivity contribution is 5.87. The number of carbonyl (C=O) groups is 1. The Morgan fingerprint density at radius 1 is 1.40 bits per heavy atom. The lowest BCUT2D eigenvalue weighted by Crippen LogP contribution is -2.17. The van der Waals surface area contributed by atoms with E-state index in [1.54, 1.807) is 13.2 Å². The summed E-state index contributed by atoms with van der Waals surface area (Å²) in [6.07, 6.45) is 2.09. The average molecular weight is 205 g/mol. The van der Waals surface area contributed by atoms with Crippen molar-refractivity contribution in [2.75, 3.05) is 0 Å². The third kappa shape index (κ3) is 3.54. The van der Waals surface area contributed by atoms with Crippen LogP contribution in [0.3, 0.4) is 0 Å². The van der Waals surface area contributed by atoms with E-state index < -0.39 is 11.9 Å². The van der Waals surface area contributed by atoms with Gasteiger partial charge in [-0.3, -0.25) is 9.59 Å². The molecule has 0 saturated carbocycles. The molecule has 1 radical (unpaired) electrons. The van der Waals surface area contributed by atoms with Gasteiger partial charge < -0.3 is 4.74 Å². The first-order valence-electron chi connectivity index (χ1n) is 4.86. The van der Waals surface area contributed by atoms with Crippen molar-refractivity contribution in [3.63, 3.8) is 0 Å². The number of carbonyl (C=O) groups excluding carboxylic acids is 2. The van der Waals surface area contributed by atoms with Crippen LogP contribution in [-0.2, 0) is 20.9 Å². The Labute approximate surface area is 89.1 Å². The molecule has 1 aromatic carbocycles. The minimum atomic E-state index is -0.756. The fourth-order valence-electron chi connectivity index (χ4n) is 1.13. The van der Waals surface area contributed by atoms with Crippen molar-refractivity contribution < 1.29 is 14.3 Å². The molecule has 0 N–H and O–H groups in total. The Morgan fingerprint density at radius 3 is 2.60 bits per heavy atom. The van der Waals surface area contributed by atoms with Gasteiger partial charge in [-0.2, -0.15) is 0 Å². The standard InChI is InChI=1S/C12H13O3/c1-2-11(8-13)12(14)15-9-10-6-4-3-5-7-10/h3-7,11H,2,9H2,1H3. The number of hydrogen-bond acceptors (Lipinski definition) is 3. The molecule has 1 atom stereocenters. The maximum Gasteiger partial charge on any atom is 0.317 e. The molecule has 0 fully saturated rings. The first-order chi connectivity index (χ1) is 7.27. The third-order valence-electron chi connectivity index (χ3n) is 2.06. The maximum absolute atomic E-state index is 11.3. The molecule has 79 valence electrons. The zero-order chi connectivity index (χ0) is 11.1. The summed E-state index contributed by atoms with van der Waals surface area (Å²) in [6, 6.07) is 9.34. The van der Waals surface area contributed by atoms with Crippen LogP contribution in [0, 0.1) is 5.92 Å². The Bertz CT molecular complexity index is 319. The quantitative estimate of drug-likeness (QED) is 0.544. The molecule has 0 bridgehead atoms. The molecule has 0 heterocycles. The van der Waals surface area contributed by atoms with Gasteiger partial charge in [0.05, 0.1) is 0 Å². The molecule has 1 unspecified atom stereocenters. The summed E-state index contributed by atoms with van der Waals surface area (Å²) in [5, 5.41) is 0. The van der Waals surface area contributed by atoms with Crippen molar-refractivity contribution in [1.29, 1.82) is 0 Å². The second-order valence-electron chi connectivity index (χ2n) is 3.17. The van der Waals surface area contributed by atoms with Gasteiger partial charge in [-0.25, -0.2) is 0 Å². The lowest BCUT2D eigenvalue weighted by atomic mass is 10.1. The summed E-state index contributed by atoms with van der Waals surface area (Å²) in [7, 11) is 0. The summed E-state index contributed by atoms with van der Waals surface area (Å²) < 4.78 is 4.97. The highest BCUT2D eigenvalue weighted by Gasteiger charge is 2.17. The molecule has 0 amide bonds. The number of hydrogen-bond donors (Lipinski definition) is 0. The largest absolute Gasteiger partial charge is 0.460 e. The van der Waals surface area contributed by atoms with E-state index in [9.17, 15) is 9.59 Å². The van der Waals surface area contributed by atoms with E-state index in [1.807, 2.05) is 30.3 Å². The number of esters is 1. The van der Waals surface area contributed by atoms with Crippen molar-refractivity contribution >= 4 is 12.3 Å². The van der Waals surface area contributed by atoms with Crippen LogP contribution >= 0.6 is 0 Å². The van der Waals surface area contributed by atoms with Gasteiger partial charge in [0, 0.05) is 0 Å².